The van der Waals surface area contributed by atoms with Crippen molar-refractivity contribution in [2.75, 3.05) is 23.9 Å². The van der Waals surface area contributed by atoms with Crippen LogP contribution >= 0.6 is 0 Å². The van der Waals surface area contributed by atoms with Crippen LogP contribution in [0.5, 0.6) is 0 Å². The zero-order valence-corrected chi connectivity index (χ0v) is 17.5. The highest BCUT2D eigenvalue weighted by Gasteiger charge is 2.18. The van der Waals surface area contributed by atoms with E-state index in [1.165, 1.54) is 11.1 Å². The van der Waals surface area contributed by atoms with E-state index in [-0.39, 0.29) is 10.8 Å². The van der Waals surface area contributed by atoms with Gasteiger partial charge in [0.1, 0.15) is 0 Å². The average molecular weight is 352 g/mol. The Hall–Kier alpha value is -2.29. The number of hydrogen-bond donors (Lipinski definition) is 1. The molecular weight excluding hydrogens is 318 g/mol. The predicted octanol–water partition coefficient (Wildman–Crippen LogP) is 5.79. The summed E-state index contributed by atoms with van der Waals surface area (Å²) >= 11 is 0. The van der Waals surface area contributed by atoms with Gasteiger partial charge in [-0.3, -0.25) is 5.41 Å². The van der Waals surface area contributed by atoms with Crippen LogP contribution in [0.2, 0.25) is 0 Å². The Labute approximate surface area is 159 Å². The van der Waals surface area contributed by atoms with Gasteiger partial charge in [-0.2, -0.15) is 0 Å². The molecule has 0 aliphatic carbocycles. The molecular formula is C23H33N3. The van der Waals surface area contributed by atoms with E-state index < -0.39 is 0 Å². The van der Waals surface area contributed by atoms with Gasteiger partial charge in [0, 0.05) is 25.5 Å². The first-order valence-electron chi connectivity index (χ1n) is 9.18. The van der Waals surface area contributed by atoms with Crippen LogP contribution in [0, 0.1) is 5.41 Å². The molecule has 0 atom stereocenters. The van der Waals surface area contributed by atoms with Crippen molar-refractivity contribution in [3.63, 3.8) is 0 Å². The highest BCUT2D eigenvalue weighted by atomic mass is 15.3. The van der Waals surface area contributed by atoms with Crippen molar-refractivity contribution in [3.8, 4) is 0 Å². The topological polar surface area (TPSA) is 30.3 Å². The Morgan fingerprint density at radius 3 is 1.12 bits per heavy atom. The van der Waals surface area contributed by atoms with Crippen molar-refractivity contribution < 1.29 is 0 Å². The molecule has 2 aromatic rings. The highest BCUT2D eigenvalue weighted by Crippen LogP contribution is 2.27. The molecule has 0 saturated heterocycles. The molecule has 2 rings (SSSR count). The van der Waals surface area contributed by atoms with Gasteiger partial charge in [0.2, 0.25) is 5.96 Å². The molecule has 2 aromatic carbocycles. The quantitative estimate of drug-likeness (QED) is 0.548. The minimum Gasteiger partial charge on any atom is -0.316 e. The lowest BCUT2D eigenvalue weighted by atomic mass is 9.87. The first kappa shape index (κ1) is 20.0. The Morgan fingerprint density at radius 1 is 0.615 bits per heavy atom. The summed E-state index contributed by atoms with van der Waals surface area (Å²) < 4.78 is 0. The van der Waals surface area contributed by atoms with Gasteiger partial charge in [0.15, 0.2) is 0 Å². The van der Waals surface area contributed by atoms with Gasteiger partial charge < -0.3 is 9.80 Å². The Balaban J connectivity index is 2.16. The first-order chi connectivity index (χ1) is 11.9. The number of hydrogen-bond acceptors (Lipinski definition) is 1. The number of nitrogens with zero attached hydrogens (tertiary/aromatic N) is 2. The highest BCUT2D eigenvalue weighted by molar-refractivity contribution is 6.04. The van der Waals surface area contributed by atoms with Crippen LogP contribution < -0.4 is 9.80 Å². The Bertz CT molecular complexity index is 679. The second kappa shape index (κ2) is 7.14. The molecule has 0 radical (unpaired) electrons. The third-order valence-electron chi connectivity index (χ3n) is 4.88. The molecule has 1 N–H and O–H groups in total. The van der Waals surface area contributed by atoms with Crippen LogP contribution in [0.3, 0.4) is 0 Å². The Morgan fingerprint density at radius 2 is 0.885 bits per heavy atom. The van der Waals surface area contributed by atoms with Crippen molar-refractivity contribution in [3.05, 3.63) is 59.7 Å². The monoisotopic (exact) mass is 351 g/mol. The average Bonchev–Trinajstić information content (AvgIpc) is 2.58. The van der Waals surface area contributed by atoms with Crippen molar-refractivity contribution in [1.82, 2.24) is 0 Å². The van der Waals surface area contributed by atoms with Crippen molar-refractivity contribution in [1.29, 1.82) is 5.41 Å². The van der Waals surface area contributed by atoms with Gasteiger partial charge >= 0.3 is 0 Å². The van der Waals surface area contributed by atoms with Crippen LogP contribution in [0.25, 0.3) is 0 Å². The summed E-state index contributed by atoms with van der Waals surface area (Å²) in [6.45, 7) is 13.3. The first-order valence-corrected chi connectivity index (χ1v) is 9.18. The number of rotatable bonds is 2. The number of benzene rings is 2. The van der Waals surface area contributed by atoms with Crippen LogP contribution in [-0.2, 0) is 10.8 Å². The normalized spacial score (nSPS) is 12.0. The second-order valence-electron chi connectivity index (χ2n) is 9.04. The van der Waals surface area contributed by atoms with Crippen LogP contribution in [0.1, 0.15) is 52.7 Å². The molecule has 0 spiro atoms. The van der Waals surface area contributed by atoms with E-state index in [1.54, 1.807) is 0 Å². The molecule has 3 nitrogen and oxygen atoms in total. The Kier molecular flexibility index (Phi) is 5.50. The van der Waals surface area contributed by atoms with E-state index in [9.17, 15) is 0 Å². The van der Waals surface area contributed by atoms with Gasteiger partial charge in [-0.15, -0.1) is 0 Å². The number of nitrogens with one attached hydrogen (secondary N) is 1. The maximum Gasteiger partial charge on any atom is 0.202 e. The summed E-state index contributed by atoms with van der Waals surface area (Å²) in [5, 5.41) is 8.58. The molecule has 0 unspecified atom stereocenters. The standard InChI is InChI=1S/C23H33N3/c1-22(2,3)17-9-13-19(14-10-17)25(7)21(24)26(8)20-15-11-18(12-16-20)23(4,5)6/h9-16,24H,1-8H3. The molecule has 0 heterocycles. The minimum absolute atomic E-state index is 0.135. The van der Waals surface area contributed by atoms with E-state index >= 15 is 0 Å². The van der Waals surface area contributed by atoms with Gasteiger partial charge in [0.25, 0.3) is 0 Å². The third kappa shape index (κ3) is 4.46. The molecule has 26 heavy (non-hydrogen) atoms. The van der Waals surface area contributed by atoms with Crippen molar-refractivity contribution >= 4 is 17.3 Å². The van der Waals surface area contributed by atoms with Gasteiger partial charge in [-0.05, 0) is 46.2 Å². The fourth-order valence-electron chi connectivity index (χ4n) is 2.84. The van der Waals surface area contributed by atoms with Crippen LogP contribution in [0.4, 0.5) is 11.4 Å². The summed E-state index contributed by atoms with van der Waals surface area (Å²) in [6.07, 6.45) is 0. The van der Waals surface area contributed by atoms with E-state index in [0.29, 0.717) is 5.96 Å². The van der Waals surface area contributed by atoms with E-state index in [4.69, 9.17) is 5.41 Å². The predicted molar refractivity (Wildman–Crippen MR) is 115 cm³/mol. The van der Waals surface area contributed by atoms with E-state index in [2.05, 4.69) is 90.1 Å². The largest absolute Gasteiger partial charge is 0.316 e. The van der Waals surface area contributed by atoms with Crippen molar-refractivity contribution in [2.45, 2.75) is 52.4 Å². The van der Waals surface area contributed by atoms with Crippen molar-refractivity contribution in [2.24, 2.45) is 0 Å². The van der Waals surface area contributed by atoms with Crippen LogP contribution in [-0.4, -0.2) is 20.1 Å². The molecule has 0 saturated carbocycles. The molecule has 3 heteroatoms. The number of anilines is 2. The molecule has 0 aromatic heterocycles. The lowest BCUT2D eigenvalue weighted by Crippen LogP contribution is -2.39. The second-order valence-corrected chi connectivity index (χ2v) is 9.04. The fraction of sp³-hybridized carbons (Fsp3) is 0.435. The van der Waals surface area contributed by atoms with Gasteiger partial charge in [-0.1, -0.05) is 65.8 Å². The zero-order valence-electron chi connectivity index (χ0n) is 17.5. The smallest absolute Gasteiger partial charge is 0.202 e. The van der Waals surface area contributed by atoms with Gasteiger partial charge in [-0.25, -0.2) is 0 Å². The fourth-order valence-corrected chi connectivity index (χ4v) is 2.84. The summed E-state index contributed by atoms with van der Waals surface area (Å²) in [6, 6.07) is 17.0. The molecule has 0 aliphatic heterocycles. The van der Waals surface area contributed by atoms with Crippen LogP contribution in [0.15, 0.2) is 48.5 Å². The zero-order chi connectivity index (χ0) is 19.7. The third-order valence-corrected chi connectivity index (χ3v) is 4.88. The van der Waals surface area contributed by atoms with E-state index in [1.807, 2.05) is 23.9 Å². The van der Waals surface area contributed by atoms with Gasteiger partial charge in [0.05, 0.1) is 0 Å². The lowest BCUT2D eigenvalue weighted by Gasteiger charge is -2.29. The summed E-state index contributed by atoms with van der Waals surface area (Å²) in [4.78, 5) is 3.81. The summed E-state index contributed by atoms with van der Waals surface area (Å²) in [5.41, 5.74) is 4.90. The lowest BCUT2D eigenvalue weighted by molar-refractivity contribution is 0.590. The molecule has 0 bridgehead atoms. The maximum atomic E-state index is 8.58. The molecule has 0 fully saturated rings. The molecule has 0 amide bonds. The summed E-state index contributed by atoms with van der Waals surface area (Å²) in [7, 11) is 3.88. The number of guanidine groups is 1. The SMILES string of the molecule is CN(C(=N)N(C)c1ccc(C(C)(C)C)cc1)c1ccc(C(C)(C)C)cc1. The van der Waals surface area contributed by atoms with E-state index in [0.717, 1.165) is 11.4 Å². The minimum atomic E-state index is 0.135. The molecule has 140 valence electrons. The molecule has 0 aliphatic rings. The summed E-state index contributed by atoms with van der Waals surface area (Å²) in [5.74, 6) is 0.442. The maximum absolute atomic E-state index is 8.58.